The van der Waals surface area contributed by atoms with Crippen molar-refractivity contribution in [3.8, 4) is 0 Å². The Bertz CT molecular complexity index is 67.1. The Morgan fingerprint density at radius 1 is 1.62 bits per heavy atom. The van der Waals surface area contributed by atoms with Gasteiger partial charge >= 0.3 is 8.03 Å². The van der Waals surface area contributed by atoms with Crippen LogP contribution in [0.25, 0.3) is 0 Å². The molecule has 0 aliphatic carbocycles. The molecule has 0 heterocycles. The van der Waals surface area contributed by atoms with Crippen LogP contribution in [0.3, 0.4) is 0 Å². The van der Waals surface area contributed by atoms with Crippen LogP contribution in [-0.2, 0) is 4.57 Å². The minimum absolute atomic E-state index is 0. The average Bonchev–Trinajstić information content (AvgIpc) is 1.61. The third kappa shape index (κ3) is 9.61. The Labute approximate surface area is 56.6 Å². The molecule has 1 unspecified atom stereocenters. The van der Waals surface area contributed by atoms with Gasteiger partial charge in [-0.05, 0) is 11.0 Å². The first-order valence-corrected chi connectivity index (χ1v) is 3.80. The van der Waals surface area contributed by atoms with E-state index in [0.29, 0.717) is 6.16 Å². The average molecular weight is 158 g/mol. The zero-order valence-electron chi connectivity index (χ0n) is 4.83. The summed E-state index contributed by atoms with van der Waals surface area (Å²) in [5.74, 6) is 0. The van der Waals surface area contributed by atoms with Crippen LogP contribution in [0.2, 0.25) is 0 Å². The van der Waals surface area contributed by atoms with E-state index >= 15 is 0 Å². The molecule has 0 aromatic rings. The number of rotatable bonds is 3. The molecule has 0 saturated carbocycles. The minimum atomic E-state index is -1.86. The van der Waals surface area contributed by atoms with Gasteiger partial charge in [-0.25, -0.2) is 0 Å². The molecule has 1 atom stereocenters. The molecule has 0 amide bonds. The van der Waals surface area contributed by atoms with Crippen molar-refractivity contribution in [1.29, 1.82) is 0 Å². The van der Waals surface area contributed by atoms with Gasteiger partial charge in [0.1, 0.15) is 0 Å². The van der Waals surface area contributed by atoms with Gasteiger partial charge in [-0.15, -0.1) is 12.4 Å². The molecule has 0 bridgehead atoms. The van der Waals surface area contributed by atoms with Crippen molar-refractivity contribution in [3.05, 3.63) is 0 Å². The Morgan fingerprint density at radius 2 is 2.12 bits per heavy atom. The Hall–Kier alpha value is 0.350. The summed E-state index contributed by atoms with van der Waals surface area (Å²) in [4.78, 5) is 8.19. The first-order chi connectivity index (χ1) is 3.27. The lowest BCUT2D eigenvalue weighted by Gasteiger charge is -1.75. The molecule has 0 aliphatic rings. The van der Waals surface area contributed by atoms with Crippen LogP contribution in [0.15, 0.2) is 0 Å². The maximum absolute atomic E-state index is 9.91. The summed E-state index contributed by atoms with van der Waals surface area (Å²) >= 11 is 0. The Balaban J connectivity index is 0. The molecule has 0 saturated heterocycles. The third-order valence-electron chi connectivity index (χ3n) is 0.703. The van der Waals surface area contributed by atoms with Gasteiger partial charge in [-0.2, -0.15) is 4.89 Å². The van der Waals surface area contributed by atoms with Gasteiger partial charge in [0.05, 0.1) is 0 Å². The quantitative estimate of drug-likeness (QED) is 0.636. The smallest absolute Gasteiger partial charge is 0.161 e. The van der Waals surface area contributed by atoms with E-state index in [1.165, 1.54) is 0 Å². The van der Waals surface area contributed by atoms with E-state index in [4.69, 9.17) is 4.89 Å². The molecule has 50 valence electrons. The summed E-state index contributed by atoms with van der Waals surface area (Å²) in [7, 11) is -1.86. The molecular formula is C4H11ClO2P+. The first-order valence-electron chi connectivity index (χ1n) is 2.41. The Kier molecular flexibility index (Phi) is 10.3. The topological polar surface area (TPSA) is 37.3 Å². The summed E-state index contributed by atoms with van der Waals surface area (Å²) < 4.78 is 9.91. The van der Waals surface area contributed by atoms with Gasteiger partial charge in [0.15, 0.2) is 6.16 Å². The van der Waals surface area contributed by atoms with E-state index in [0.717, 1.165) is 12.8 Å². The second-order valence-electron chi connectivity index (χ2n) is 1.43. The van der Waals surface area contributed by atoms with Crippen LogP contribution in [0.1, 0.15) is 19.8 Å². The second kappa shape index (κ2) is 7.35. The van der Waals surface area contributed by atoms with Crippen LogP contribution in [-0.4, -0.2) is 11.1 Å². The van der Waals surface area contributed by atoms with Gasteiger partial charge in [0, 0.05) is 0 Å². The highest BCUT2D eigenvalue weighted by Crippen LogP contribution is 2.13. The lowest BCUT2D eigenvalue weighted by molar-refractivity contribution is 0.501. The largest absolute Gasteiger partial charge is 0.505 e. The van der Waals surface area contributed by atoms with Crippen molar-refractivity contribution in [3.63, 3.8) is 0 Å². The molecule has 0 rings (SSSR count). The lowest BCUT2D eigenvalue weighted by Crippen LogP contribution is -1.73. The van der Waals surface area contributed by atoms with Crippen molar-refractivity contribution in [2.75, 3.05) is 6.16 Å². The van der Waals surface area contributed by atoms with Crippen LogP contribution in [0.4, 0.5) is 0 Å². The SMILES string of the molecule is CCCC[P+](=O)O.Cl. The van der Waals surface area contributed by atoms with Crippen LogP contribution in [0.5, 0.6) is 0 Å². The summed E-state index contributed by atoms with van der Waals surface area (Å²) in [5.41, 5.74) is 0. The molecule has 0 aromatic heterocycles. The lowest BCUT2D eigenvalue weighted by atomic mass is 10.4. The fourth-order valence-electron chi connectivity index (χ4n) is 0.293. The van der Waals surface area contributed by atoms with Gasteiger partial charge in [0.2, 0.25) is 0 Å². The monoisotopic (exact) mass is 157 g/mol. The highest BCUT2D eigenvalue weighted by atomic mass is 35.5. The van der Waals surface area contributed by atoms with Crippen LogP contribution < -0.4 is 0 Å². The molecule has 4 heteroatoms. The molecule has 0 aliphatic heterocycles. The fourth-order valence-corrected chi connectivity index (χ4v) is 0.880. The number of hydrogen-bond acceptors (Lipinski definition) is 1. The number of hydrogen-bond donors (Lipinski definition) is 1. The highest BCUT2D eigenvalue weighted by molar-refractivity contribution is 7.37. The van der Waals surface area contributed by atoms with Crippen LogP contribution in [0, 0.1) is 0 Å². The van der Waals surface area contributed by atoms with E-state index in [-0.39, 0.29) is 12.4 Å². The zero-order valence-corrected chi connectivity index (χ0v) is 6.54. The van der Waals surface area contributed by atoms with Crippen molar-refractivity contribution in [2.24, 2.45) is 0 Å². The van der Waals surface area contributed by atoms with Crippen molar-refractivity contribution in [2.45, 2.75) is 19.8 Å². The standard InChI is InChI=1S/C4H9O2P.ClH/c1-2-3-4-7(5)6;/h2-4H2,1H3;1H/p+1. The summed E-state index contributed by atoms with van der Waals surface area (Å²) in [6.45, 7) is 2.00. The fraction of sp³-hybridized carbons (Fsp3) is 1.00. The summed E-state index contributed by atoms with van der Waals surface area (Å²) in [5, 5.41) is 0. The first kappa shape index (κ1) is 11.2. The molecule has 0 aromatic carbocycles. The van der Waals surface area contributed by atoms with Gasteiger partial charge in [-0.1, -0.05) is 13.3 Å². The van der Waals surface area contributed by atoms with E-state index < -0.39 is 8.03 Å². The summed E-state index contributed by atoms with van der Waals surface area (Å²) in [6.07, 6.45) is 2.33. The molecule has 8 heavy (non-hydrogen) atoms. The van der Waals surface area contributed by atoms with E-state index in [9.17, 15) is 4.57 Å². The van der Waals surface area contributed by atoms with E-state index in [1.54, 1.807) is 0 Å². The molecule has 1 N–H and O–H groups in total. The van der Waals surface area contributed by atoms with E-state index in [1.807, 2.05) is 6.92 Å². The second-order valence-corrected chi connectivity index (χ2v) is 2.58. The van der Waals surface area contributed by atoms with Crippen molar-refractivity contribution in [1.82, 2.24) is 0 Å². The predicted molar refractivity (Wildman–Crippen MR) is 36.8 cm³/mol. The maximum Gasteiger partial charge on any atom is 0.505 e. The molecule has 0 radical (unpaired) electrons. The normalized spacial score (nSPS) is 10.0. The van der Waals surface area contributed by atoms with Gasteiger partial charge in [0.25, 0.3) is 0 Å². The summed E-state index contributed by atoms with van der Waals surface area (Å²) in [6, 6.07) is 0. The van der Waals surface area contributed by atoms with Crippen molar-refractivity contribution >= 4 is 20.4 Å². The number of halogens is 1. The molecule has 0 fully saturated rings. The van der Waals surface area contributed by atoms with Gasteiger partial charge < -0.3 is 0 Å². The molecule has 0 spiro atoms. The highest BCUT2D eigenvalue weighted by Gasteiger charge is 2.05. The van der Waals surface area contributed by atoms with Gasteiger partial charge in [-0.3, -0.25) is 0 Å². The molecule has 2 nitrogen and oxygen atoms in total. The third-order valence-corrected chi connectivity index (χ3v) is 1.40. The minimum Gasteiger partial charge on any atom is -0.161 e. The Morgan fingerprint density at radius 3 is 2.25 bits per heavy atom. The van der Waals surface area contributed by atoms with Crippen LogP contribution >= 0.6 is 20.4 Å². The molecular weight excluding hydrogens is 146 g/mol. The van der Waals surface area contributed by atoms with Crippen molar-refractivity contribution < 1.29 is 9.46 Å². The predicted octanol–water partition coefficient (Wildman–Crippen LogP) is 1.94. The zero-order chi connectivity index (χ0) is 5.70. The van der Waals surface area contributed by atoms with E-state index in [2.05, 4.69) is 0 Å². The maximum atomic E-state index is 9.91. The number of unbranched alkanes of at least 4 members (excludes halogenated alkanes) is 1.